The summed E-state index contributed by atoms with van der Waals surface area (Å²) >= 11 is 5.39. The molecule has 1 aromatic rings. The Morgan fingerprint density at radius 3 is 2.46 bits per heavy atom. The van der Waals surface area contributed by atoms with Crippen LogP contribution in [0.4, 0.5) is 12.9 Å². The summed E-state index contributed by atoms with van der Waals surface area (Å²) in [6.45, 7) is -4.87. The van der Waals surface area contributed by atoms with Gasteiger partial charge in [-0.25, -0.2) is 9.97 Å². The van der Waals surface area contributed by atoms with Gasteiger partial charge in [-0.3, -0.25) is 0 Å². The summed E-state index contributed by atoms with van der Waals surface area (Å²) in [5.74, 6) is 0. The molecule has 0 radical (unpaired) electrons. The maximum atomic E-state index is 11.9. The van der Waals surface area contributed by atoms with E-state index in [0.717, 1.165) is 12.5 Å². The van der Waals surface area contributed by atoms with Crippen molar-refractivity contribution < 1.29 is 64.3 Å². The van der Waals surface area contributed by atoms with Crippen LogP contribution >= 0.6 is 11.6 Å². The van der Waals surface area contributed by atoms with Gasteiger partial charge in [0, 0.05) is 6.20 Å². The second-order valence-corrected chi connectivity index (χ2v) is 2.61. The molecule has 0 saturated heterocycles. The Bertz CT molecular complexity index is 283. The molecule has 0 atom stereocenters. The maximum Gasteiger partial charge on any atom is 1.00 e. The van der Waals surface area contributed by atoms with Gasteiger partial charge < -0.3 is 12.9 Å². The quantitative estimate of drug-likeness (QED) is 0.488. The monoisotopic (exact) mass is 234 g/mol. The predicted octanol–water partition coefficient (Wildman–Crippen LogP) is -0.937. The summed E-state index contributed by atoms with van der Waals surface area (Å²) in [5, 5.41) is -0.135. The van der Waals surface area contributed by atoms with E-state index in [1.54, 1.807) is 0 Å². The summed E-state index contributed by atoms with van der Waals surface area (Å²) < 4.78 is 35.6. The average Bonchev–Trinajstić information content (AvgIpc) is 1.91. The van der Waals surface area contributed by atoms with E-state index in [-0.39, 0.29) is 62.1 Å². The zero-order valence-electron chi connectivity index (χ0n) is 6.85. The van der Waals surface area contributed by atoms with Gasteiger partial charge in [-0.1, -0.05) is 17.9 Å². The fourth-order valence-corrected chi connectivity index (χ4v) is 0.899. The first-order valence-electron chi connectivity index (χ1n) is 3.14. The number of rotatable bonds is 2. The standard InChI is InChI=1S/C5H4BClF3N2.K/c7-5-4(1-6(8,9)10)2-11-3-12-5;/h2-3H,1H2;/q-1;+1. The second kappa shape index (κ2) is 5.67. The van der Waals surface area contributed by atoms with Crippen LogP contribution in [0.3, 0.4) is 0 Å². The molecule has 0 amide bonds. The molecule has 0 unspecified atom stereocenters. The first kappa shape index (κ1) is 13.9. The molecule has 1 aromatic heterocycles. The second-order valence-electron chi connectivity index (χ2n) is 2.25. The molecule has 0 bridgehead atoms. The van der Waals surface area contributed by atoms with Crippen LogP contribution in [0.25, 0.3) is 0 Å². The van der Waals surface area contributed by atoms with Crippen molar-refractivity contribution in [1.29, 1.82) is 0 Å². The Balaban J connectivity index is 0.00000144. The largest absolute Gasteiger partial charge is 1.00 e. The van der Waals surface area contributed by atoms with Crippen molar-refractivity contribution in [2.75, 3.05) is 0 Å². The molecule has 0 saturated carbocycles. The third-order valence-electron chi connectivity index (χ3n) is 1.18. The van der Waals surface area contributed by atoms with Gasteiger partial charge in [-0.15, -0.1) is 0 Å². The smallest absolute Gasteiger partial charge is 0.449 e. The van der Waals surface area contributed by atoms with Gasteiger partial charge >= 0.3 is 58.4 Å². The van der Waals surface area contributed by atoms with E-state index >= 15 is 0 Å². The molecule has 0 aliphatic heterocycles. The molecule has 1 rings (SSSR count). The minimum Gasteiger partial charge on any atom is -0.449 e. The number of aromatic nitrogens is 2. The molecule has 0 spiro atoms. The molecule has 0 fully saturated rings. The van der Waals surface area contributed by atoms with Crippen LogP contribution in [0.15, 0.2) is 12.5 Å². The zero-order valence-corrected chi connectivity index (χ0v) is 10.7. The molecule has 13 heavy (non-hydrogen) atoms. The van der Waals surface area contributed by atoms with Crippen molar-refractivity contribution in [3.05, 3.63) is 23.2 Å². The van der Waals surface area contributed by atoms with Crippen molar-refractivity contribution >= 4 is 18.6 Å². The minimum absolute atomic E-state index is 0. The van der Waals surface area contributed by atoms with E-state index in [2.05, 4.69) is 9.97 Å². The SMILES string of the molecule is F[B-](F)(F)Cc1cncnc1Cl.[K+]. The molecule has 2 nitrogen and oxygen atoms in total. The van der Waals surface area contributed by atoms with Crippen molar-refractivity contribution in [2.24, 2.45) is 0 Å². The van der Waals surface area contributed by atoms with Gasteiger partial charge in [0.05, 0.1) is 0 Å². The van der Waals surface area contributed by atoms with Crippen molar-refractivity contribution in [3.8, 4) is 0 Å². The minimum atomic E-state index is -4.87. The Morgan fingerprint density at radius 1 is 1.38 bits per heavy atom. The van der Waals surface area contributed by atoms with Crippen LogP contribution < -0.4 is 51.4 Å². The molecule has 1 heterocycles. The predicted molar refractivity (Wildman–Crippen MR) is 39.8 cm³/mol. The molecular formula is C5H4BClF3KN2. The van der Waals surface area contributed by atoms with Crippen LogP contribution in [0.2, 0.25) is 5.15 Å². The van der Waals surface area contributed by atoms with Gasteiger partial charge in [-0.05, 0) is 5.56 Å². The van der Waals surface area contributed by atoms with Crippen LogP contribution in [0.1, 0.15) is 5.56 Å². The molecule has 8 heteroatoms. The molecule has 66 valence electrons. The van der Waals surface area contributed by atoms with Gasteiger partial charge in [-0.2, -0.15) is 0 Å². The van der Waals surface area contributed by atoms with Gasteiger partial charge in [0.1, 0.15) is 11.5 Å². The zero-order chi connectivity index (χ0) is 9.19. The van der Waals surface area contributed by atoms with E-state index < -0.39 is 13.3 Å². The first-order valence-corrected chi connectivity index (χ1v) is 3.52. The Kier molecular flexibility index (Phi) is 6.05. The summed E-state index contributed by atoms with van der Waals surface area (Å²) in [4.78, 5) is 6.87. The number of hydrogen-bond acceptors (Lipinski definition) is 2. The summed E-state index contributed by atoms with van der Waals surface area (Å²) in [6, 6.07) is 0. The Labute approximate surface area is 121 Å². The van der Waals surface area contributed by atoms with E-state index in [1.165, 1.54) is 0 Å². The third-order valence-corrected chi connectivity index (χ3v) is 1.52. The van der Waals surface area contributed by atoms with Crippen molar-refractivity contribution in [1.82, 2.24) is 9.97 Å². The maximum absolute atomic E-state index is 11.9. The molecular weight excluding hydrogens is 230 g/mol. The van der Waals surface area contributed by atoms with E-state index in [4.69, 9.17) is 11.6 Å². The van der Waals surface area contributed by atoms with Gasteiger partial charge in [0.15, 0.2) is 0 Å². The Morgan fingerprint density at radius 2 is 2.00 bits per heavy atom. The molecule has 0 aliphatic carbocycles. The molecule has 0 aliphatic rings. The molecule has 0 aromatic carbocycles. The van der Waals surface area contributed by atoms with Gasteiger partial charge in [0.25, 0.3) is 0 Å². The van der Waals surface area contributed by atoms with Crippen LogP contribution in [0, 0.1) is 0 Å². The van der Waals surface area contributed by atoms with Crippen LogP contribution in [0.5, 0.6) is 0 Å². The van der Waals surface area contributed by atoms with E-state index in [1.807, 2.05) is 0 Å². The number of halogens is 4. The number of nitrogens with zero attached hydrogens (tertiary/aromatic N) is 2. The first-order chi connectivity index (χ1) is 5.49. The Hall–Kier alpha value is 0.861. The number of hydrogen-bond donors (Lipinski definition) is 0. The van der Waals surface area contributed by atoms with Crippen LogP contribution in [-0.2, 0) is 6.32 Å². The average molecular weight is 234 g/mol. The summed E-state index contributed by atoms with van der Waals surface area (Å²) in [6.07, 6.45) is 1.15. The molecule has 0 N–H and O–H groups in total. The van der Waals surface area contributed by atoms with Gasteiger partial charge in [0.2, 0.25) is 0 Å². The van der Waals surface area contributed by atoms with E-state index in [9.17, 15) is 12.9 Å². The summed E-state index contributed by atoms with van der Waals surface area (Å²) in [5.41, 5.74) is -0.0772. The topological polar surface area (TPSA) is 25.8 Å². The summed E-state index contributed by atoms with van der Waals surface area (Å²) in [7, 11) is 0. The fourth-order valence-electron chi connectivity index (χ4n) is 0.730. The fraction of sp³-hybridized carbons (Fsp3) is 0.200. The van der Waals surface area contributed by atoms with Crippen molar-refractivity contribution in [3.63, 3.8) is 0 Å². The van der Waals surface area contributed by atoms with Crippen LogP contribution in [-0.4, -0.2) is 16.9 Å². The van der Waals surface area contributed by atoms with Crippen molar-refractivity contribution in [2.45, 2.75) is 6.32 Å². The third kappa shape index (κ3) is 5.34. The van der Waals surface area contributed by atoms with E-state index in [0.29, 0.717) is 0 Å². The normalized spacial score (nSPS) is 10.8.